The van der Waals surface area contributed by atoms with Crippen LogP contribution in [-0.4, -0.2) is 0 Å². The highest BCUT2D eigenvalue weighted by Crippen LogP contribution is 2.51. The zero-order valence-corrected chi connectivity index (χ0v) is 27.2. The smallest absolute Gasteiger partial charge is 0.147 e. The standard InChI is InChI=1S/C48H26O3/c1-2-12-29-27(11-1)21-24-37-39-26-38-31-14-8-10-20-41(31)50-47(38)45(48(39)51-46(29)37)44-35-17-5-3-15-33(35)43(34-16-4-6-18-36(34)44)28-22-23-32-30-13-7-9-19-40(30)49-42(32)25-28/h1-26H. The largest absolute Gasteiger partial charge is 0.456 e. The van der Waals surface area contributed by atoms with Gasteiger partial charge in [-0.1, -0.05) is 121 Å². The third-order valence-corrected chi connectivity index (χ3v) is 10.8. The minimum Gasteiger partial charge on any atom is -0.456 e. The molecule has 0 spiro atoms. The molecular weight excluding hydrogens is 625 g/mol. The summed E-state index contributed by atoms with van der Waals surface area (Å²) in [4.78, 5) is 0. The molecule has 0 aliphatic heterocycles. The van der Waals surface area contributed by atoms with Gasteiger partial charge in [-0.3, -0.25) is 0 Å². The van der Waals surface area contributed by atoms with Gasteiger partial charge < -0.3 is 13.3 Å². The molecule has 0 aliphatic carbocycles. The minimum atomic E-state index is 0.832. The second-order valence-electron chi connectivity index (χ2n) is 13.5. The van der Waals surface area contributed by atoms with Crippen LogP contribution in [0.2, 0.25) is 0 Å². The lowest BCUT2D eigenvalue weighted by Gasteiger charge is -2.18. The molecule has 0 radical (unpaired) electrons. The number of hydrogen-bond donors (Lipinski definition) is 0. The van der Waals surface area contributed by atoms with E-state index in [2.05, 4.69) is 140 Å². The van der Waals surface area contributed by atoms with E-state index in [4.69, 9.17) is 13.3 Å². The Hall–Kier alpha value is -6.84. The van der Waals surface area contributed by atoms with Crippen molar-refractivity contribution < 1.29 is 13.3 Å². The second kappa shape index (κ2) is 9.87. The van der Waals surface area contributed by atoms with E-state index in [0.29, 0.717) is 0 Å². The quantitative estimate of drug-likeness (QED) is 0.175. The van der Waals surface area contributed by atoms with Crippen molar-refractivity contribution >= 4 is 98.1 Å². The lowest BCUT2D eigenvalue weighted by molar-refractivity contribution is 0.660. The van der Waals surface area contributed by atoms with Crippen LogP contribution in [0.1, 0.15) is 0 Å². The van der Waals surface area contributed by atoms with Crippen molar-refractivity contribution in [2.45, 2.75) is 0 Å². The summed E-state index contributed by atoms with van der Waals surface area (Å²) >= 11 is 0. The Bertz CT molecular complexity index is 3370. The van der Waals surface area contributed by atoms with Crippen molar-refractivity contribution in [3.63, 3.8) is 0 Å². The van der Waals surface area contributed by atoms with E-state index in [9.17, 15) is 0 Å². The van der Waals surface area contributed by atoms with Gasteiger partial charge in [0, 0.05) is 43.3 Å². The molecule has 3 heteroatoms. The molecular formula is C48H26O3. The molecule has 0 fully saturated rings. The first-order valence-corrected chi connectivity index (χ1v) is 17.3. The van der Waals surface area contributed by atoms with Crippen LogP contribution in [0.4, 0.5) is 0 Å². The van der Waals surface area contributed by atoms with Crippen LogP contribution in [0.5, 0.6) is 0 Å². The molecule has 236 valence electrons. The molecule has 0 aliphatic rings. The molecule has 12 aromatic rings. The van der Waals surface area contributed by atoms with Gasteiger partial charge in [0.2, 0.25) is 0 Å². The Morgan fingerprint density at radius 1 is 0.255 bits per heavy atom. The molecule has 3 aromatic heterocycles. The predicted octanol–water partition coefficient (Wildman–Crippen LogP) is 14.2. The van der Waals surface area contributed by atoms with Gasteiger partial charge in [-0.15, -0.1) is 0 Å². The van der Waals surface area contributed by atoms with Gasteiger partial charge in [-0.2, -0.15) is 0 Å². The SMILES string of the molecule is c1ccc2c(c1)ccc1c3cc4c(oc5ccccc54)c(-c4c5ccccc5c(-c5ccc6c(c5)oc5ccccc56)c5ccccc45)c3oc21. The number of furan rings is 3. The zero-order chi connectivity index (χ0) is 33.2. The van der Waals surface area contributed by atoms with E-state index in [1.165, 1.54) is 5.56 Å². The molecule has 0 amide bonds. The normalized spacial score (nSPS) is 12.3. The molecule has 0 saturated heterocycles. The van der Waals surface area contributed by atoms with E-state index in [1.54, 1.807) is 0 Å². The Labute approximate surface area is 290 Å². The summed E-state index contributed by atoms with van der Waals surface area (Å²) in [6.45, 7) is 0. The van der Waals surface area contributed by atoms with Gasteiger partial charge in [0.1, 0.15) is 33.5 Å². The lowest BCUT2D eigenvalue weighted by atomic mass is 9.85. The first-order chi connectivity index (χ1) is 25.3. The Kier molecular flexibility index (Phi) is 5.23. The average Bonchev–Trinajstić information content (AvgIpc) is 3.87. The predicted molar refractivity (Wildman–Crippen MR) is 212 cm³/mol. The molecule has 9 aromatic carbocycles. The molecule has 3 nitrogen and oxygen atoms in total. The molecule has 0 bridgehead atoms. The van der Waals surface area contributed by atoms with Gasteiger partial charge in [-0.05, 0) is 74.5 Å². The first kappa shape index (κ1) is 27.0. The summed E-state index contributed by atoms with van der Waals surface area (Å²) in [5.74, 6) is 0. The van der Waals surface area contributed by atoms with E-state index >= 15 is 0 Å². The zero-order valence-electron chi connectivity index (χ0n) is 27.2. The summed E-state index contributed by atoms with van der Waals surface area (Å²) in [6, 6.07) is 55.8. The summed E-state index contributed by atoms with van der Waals surface area (Å²) < 4.78 is 20.3. The van der Waals surface area contributed by atoms with Crippen LogP contribution in [0.25, 0.3) is 120 Å². The van der Waals surface area contributed by atoms with E-state index < -0.39 is 0 Å². The first-order valence-electron chi connectivity index (χ1n) is 17.3. The van der Waals surface area contributed by atoms with E-state index in [-0.39, 0.29) is 0 Å². The van der Waals surface area contributed by atoms with Crippen LogP contribution >= 0.6 is 0 Å². The molecule has 0 atom stereocenters. The van der Waals surface area contributed by atoms with Gasteiger partial charge in [0.15, 0.2) is 0 Å². The molecule has 0 N–H and O–H groups in total. The van der Waals surface area contributed by atoms with Gasteiger partial charge in [-0.25, -0.2) is 0 Å². The van der Waals surface area contributed by atoms with Crippen LogP contribution in [0.3, 0.4) is 0 Å². The molecule has 12 rings (SSSR count). The van der Waals surface area contributed by atoms with Crippen molar-refractivity contribution in [3.8, 4) is 22.3 Å². The van der Waals surface area contributed by atoms with Crippen LogP contribution in [0, 0.1) is 0 Å². The highest BCUT2D eigenvalue weighted by Gasteiger charge is 2.26. The highest BCUT2D eigenvalue weighted by atomic mass is 16.3. The van der Waals surface area contributed by atoms with E-state index in [0.717, 1.165) is 115 Å². The van der Waals surface area contributed by atoms with Crippen molar-refractivity contribution in [2.24, 2.45) is 0 Å². The Morgan fingerprint density at radius 2 is 0.765 bits per heavy atom. The number of benzene rings is 9. The lowest BCUT2D eigenvalue weighted by Crippen LogP contribution is -1.91. The number of para-hydroxylation sites is 2. The fraction of sp³-hybridized carbons (Fsp3) is 0. The Morgan fingerprint density at radius 3 is 1.49 bits per heavy atom. The number of rotatable bonds is 2. The maximum atomic E-state index is 7.07. The van der Waals surface area contributed by atoms with Crippen molar-refractivity contribution in [1.29, 1.82) is 0 Å². The number of hydrogen-bond acceptors (Lipinski definition) is 3. The topological polar surface area (TPSA) is 39.4 Å². The molecule has 51 heavy (non-hydrogen) atoms. The monoisotopic (exact) mass is 650 g/mol. The van der Waals surface area contributed by atoms with Crippen molar-refractivity contribution in [1.82, 2.24) is 0 Å². The second-order valence-corrected chi connectivity index (χ2v) is 13.5. The molecule has 0 saturated carbocycles. The third kappa shape index (κ3) is 3.62. The average molecular weight is 651 g/mol. The summed E-state index contributed by atoms with van der Waals surface area (Å²) in [7, 11) is 0. The third-order valence-electron chi connectivity index (χ3n) is 10.8. The summed E-state index contributed by atoms with van der Waals surface area (Å²) in [5, 5.41) is 13.4. The molecule has 0 unspecified atom stereocenters. The van der Waals surface area contributed by atoms with E-state index in [1.807, 2.05) is 18.2 Å². The maximum absolute atomic E-state index is 7.07. The van der Waals surface area contributed by atoms with Crippen molar-refractivity contribution in [2.75, 3.05) is 0 Å². The fourth-order valence-electron chi connectivity index (χ4n) is 8.63. The van der Waals surface area contributed by atoms with Crippen molar-refractivity contribution in [3.05, 3.63) is 158 Å². The van der Waals surface area contributed by atoms with Gasteiger partial charge >= 0.3 is 0 Å². The molecule has 3 heterocycles. The van der Waals surface area contributed by atoms with Crippen LogP contribution in [0.15, 0.2) is 171 Å². The van der Waals surface area contributed by atoms with Crippen LogP contribution in [-0.2, 0) is 0 Å². The van der Waals surface area contributed by atoms with Crippen LogP contribution < -0.4 is 0 Å². The number of fused-ring (bicyclic) bond motifs is 13. The maximum Gasteiger partial charge on any atom is 0.147 e. The minimum absolute atomic E-state index is 0.832. The highest BCUT2D eigenvalue weighted by molar-refractivity contribution is 6.30. The fourth-order valence-corrected chi connectivity index (χ4v) is 8.63. The van der Waals surface area contributed by atoms with Gasteiger partial charge in [0.05, 0.1) is 5.56 Å². The van der Waals surface area contributed by atoms with Gasteiger partial charge in [0.25, 0.3) is 0 Å². The Balaban J connectivity index is 1.26. The summed E-state index contributed by atoms with van der Waals surface area (Å²) in [6.07, 6.45) is 0. The summed E-state index contributed by atoms with van der Waals surface area (Å²) in [5.41, 5.74) is 9.58.